The van der Waals surface area contributed by atoms with Crippen LogP contribution in [-0.2, 0) is 27.1 Å². The second kappa shape index (κ2) is 12.8. The highest BCUT2D eigenvalue weighted by atomic mass is 32.2. The lowest BCUT2D eigenvalue weighted by Crippen LogP contribution is -2.39. The molecule has 29 heavy (non-hydrogen) atoms. The third-order valence-corrected chi connectivity index (χ3v) is 5.92. The van der Waals surface area contributed by atoms with E-state index in [2.05, 4.69) is 34.2 Å². The third kappa shape index (κ3) is 10.1. The lowest BCUT2D eigenvalue weighted by atomic mass is 10.0. The van der Waals surface area contributed by atoms with E-state index in [4.69, 9.17) is 4.74 Å². The average molecular weight is 427 g/mol. The normalized spacial score (nSPS) is 13.7. The van der Waals surface area contributed by atoms with E-state index in [9.17, 15) is 8.42 Å². The summed E-state index contributed by atoms with van der Waals surface area (Å²) in [6.07, 6.45) is 1.10. The minimum atomic E-state index is -3.38. The second-order valence-electron chi connectivity index (χ2n) is 7.68. The van der Waals surface area contributed by atoms with Gasteiger partial charge in [0.15, 0.2) is 5.96 Å². The molecule has 0 aromatic heterocycles. The Bertz CT molecular complexity index is 733. The van der Waals surface area contributed by atoms with Gasteiger partial charge in [-0.2, -0.15) is 0 Å². The topological polar surface area (TPSA) is 91.8 Å². The average Bonchev–Trinajstić information content (AvgIpc) is 2.63. The zero-order valence-electron chi connectivity index (χ0n) is 18.7. The van der Waals surface area contributed by atoms with Crippen LogP contribution < -0.4 is 15.4 Å². The Kier molecular flexibility index (Phi) is 11.2. The SMILES string of the molecule is CCOC(CCNC(=NC)NCc1ccccc1CS(=O)(=O)NC(C)C)C(C)C. The first-order valence-corrected chi connectivity index (χ1v) is 12.0. The predicted molar refractivity (Wildman–Crippen MR) is 120 cm³/mol. The van der Waals surface area contributed by atoms with Gasteiger partial charge in [0.2, 0.25) is 10.0 Å². The minimum absolute atomic E-state index is 0.0422. The van der Waals surface area contributed by atoms with Crippen molar-refractivity contribution in [3.05, 3.63) is 35.4 Å². The van der Waals surface area contributed by atoms with E-state index in [0.29, 0.717) is 25.0 Å². The summed E-state index contributed by atoms with van der Waals surface area (Å²) in [5.41, 5.74) is 1.71. The van der Waals surface area contributed by atoms with Crippen LogP contribution in [0.4, 0.5) is 0 Å². The highest BCUT2D eigenvalue weighted by Crippen LogP contribution is 2.13. The summed E-state index contributed by atoms with van der Waals surface area (Å²) in [4.78, 5) is 4.26. The highest BCUT2D eigenvalue weighted by molar-refractivity contribution is 7.88. The monoisotopic (exact) mass is 426 g/mol. The van der Waals surface area contributed by atoms with Crippen LogP contribution in [0.5, 0.6) is 0 Å². The Morgan fingerprint density at radius 1 is 1.10 bits per heavy atom. The maximum Gasteiger partial charge on any atom is 0.216 e. The lowest BCUT2D eigenvalue weighted by molar-refractivity contribution is 0.0258. The maximum atomic E-state index is 12.3. The van der Waals surface area contributed by atoms with Crippen LogP contribution in [0.15, 0.2) is 29.3 Å². The molecule has 8 heteroatoms. The molecule has 3 N–H and O–H groups in total. The number of nitrogens with one attached hydrogen (secondary N) is 3. The summed E-state index contributed by atoms with van der Waals surface area (Å²) in [7, 11) is -1.65. The molecule has 0 heterocycles. The van der Waals surface area contributed by atoms with E-state index in [0.717, 1.165) is 24.1 Å². The first kappa shape index (κ1) is 25.4. The van der Waals surface area contributed by atoms with Gasteiger partial charge in [0.1, 0.15) is 0 Å². The number of hydrogen-bond acceptors (Lipinski definition) is 4. The summed E-state index contributed by atoms with van der Waals surface area (Å²) in [5, 5.41) is 6.58. The molecule has 0 aliphatic carbocycles. The summed E-state index contributed by atoms with van der Waals surface area (Å²) in [6, 6.07) is 7.43. The molecule has 1 rings (SSSR count). The van der Waals surface area contributed by atoms with Gasteiger partial charge in [-0.05, 0) is 44.2 Å². The molecule has 0 aliphatic rings. The van der Waals surface area contributed by atoms with Crippen molar-refractivity contribution < 1.29 is 13.2 Å². The molecule has 7 nitrogen and oxygen atoms in total. The number of sulfonamides is 1. The molecule has 0 saturated heterocycles. The molecule has 0 saturated carbocycles. The molecular formula is C21H38N4O3S. The van der Waals surface area contributed by atoms with Gasteiger partial charge >= 0.3 is 0 Å². The lowest BCUT2D eigenvalue weighted by Gasteiger charge is -2.21. The van der Waals surface area contributed by atoms with Crippen molar-refractivity contribution in [1.29, 1.82) is 0 Å². The third-order valence-electron chi connectivity index (χ3n) is 4.39. The number of hydrogen-bond donors (Lipinski definition) is 3. The van der Waals surface area contributed by atoms with Crippen molar-refractivity contribution in [1.82, 2.24) is 15.4 Å². The van der Waals surface area contributed by atoms with E-state index in [1.807, 2.05) is 45.0 Å². The molecule has 0 spiro atoms. The van der Waals surface area contributed by atoms with Crippen molar-refractivity contribution in [2.24, 2.45) is 10.9 Å². The molecule has 166 valence electrons. The number of aliphatic imine (C=N–C) groups is 1. The standard InChI is InChI=1S/C21H38N4O3S/c1-7-28-20(16(2)3)12-13-23-21(22-6)24-14-18-10-8-9-11-19(18)15-29(26,27)25-17(4)5/h8-11,16-17,20,25H,7,12-15H2,1-6H3,(H2,22,23,24). The van der Waals surface area contributed by atoms with E-state index >= 15 is 0 Å². The fourth-order valence-corrected chi connectivity index (χ4v) is 4.52. The molecule has 0 amide bonds. The summed E-state index contributed by atoms with van der Waals surface area (Å²) in [5.74, 6) is 1.10. The van der Waals surface area contributed by atoms with Gasteiger partial charge in [0.25, 0.3) is 0 Å². The fourth-order valence-electron chi connectivity index (χ4n) is 3.03. The zero-order chi connectivity index (χ0) is 21.9. The van der Waals surface area contributed by atoms with E-state index in [1.54, 1.807) is 7.05 Å². The van der Waals surface area contributed by atoms with Crippen LogP contribution in [0, 0.1) is 5.92 Å². The first-order chi connectivity index (χ1) is 13.7. The van der Waals surface area contributed by atoms with Crippen molar-refractivity contribution >= 4 is 16.0 Å². The number of guanidine groups is 1. The van der Waals surface area contributed by atoms with E-state index in [-0.39, 0.29) is 17.9 Å². The van der Waals surface area contributed by atoms with Crippen LogP contribution in [0.3, 0.4) is 0 Å². The van der Waals surface area contributed by atoms with Gasteiger partial charge in [-0.1, -0.05) is 38.1 Å². The van der Waals surface area contributed by atoms with Crippen LogP contribution in [0.25, 0.3) is 0 Å². The Hall–Kier alpha value is -1.64. The molecule has 1 aromatic carbocycles. The van der Waals surface area contributed by atoms with Crippen LogP contribution in [0.2, 0.25) is 0 Å². The quantitative estimate of drug-likeness (QED) is 0.353. The molecule has 1 aromatic rings. The van der Waals surface area contributed by atoms with Gasteiger partial charge in [-0.15, -0.1) is 0 Å². The summed E-state index contributed by atoms with van der Waals surface area (Å²) < 4.78 is 33.0. The predicted octanol–water partition coefficient (Wildman–Crippen LogP) is 2.63. The maximum absolute atomic E-state index is 12.3. The first-order valence-electron chi connectivity index (χ1n) is 10.3. The molecule has 0 bridgehead atoms. The Morgan fingerprint density at radius 2 is 1.76 bits per heavy atom. The molecule has 1 atom stereocenters. The van der Waals surface area contributed by atoms with Gasteiger partial charge in [0.05, 0.1) is 11.9 Å². The highest BCUT2D eigenvalue weighted by Gasteiger charge is 2.16. The van der Waals surface area contributed by atoms with E-state index < -0.39 is 10.0 Å². The van der Waals surface area contributed by atoms with Gasteiger partial charge in [0, 0.05) is 32.8 Å². The van der Waals surface area contributed by atoms with Crippen molar-refractivity contribution in [2.75, 3.05) is 20.2 Å². The fraction of sp³-hybridized carbons (Fsp3) is 0.667. The summed E-state index contributed by atoms with van der Waals surface area (Å²) in [6.45, 7) is 11.9. The van der Waals surface area contributed by atoms with Crippen molar-refractivity contribution in [2.45, 2.75) is 65.5 Å². The largest absolute Gasteiger partial charge is 0.378 e. The van der Waals surface area contributed by atoms with Crippen molar-refractivity contribution in [3.63, 3.8) is 0 Å². The summed E-state index contributed by atoms with van der Waals surface area (Å²) >= 11 is 0. The van der Waals surface area contributed by atoms with Gasteiger partial charge in [-0.3, -0.25) is 4.99 Å². The number of rotatable bonds is 12. The molecule has 1 unspecified atom stereocenters. The van der Waals surface area contributed by atoms with Crippen LogP contribution in [-0.4, -0.2) is 46.7 Å². The Morgan fingerprint density at radius 3 is 2.31 bits per heavy atom. The zero-order valence-corrected chi connectivity index (χ0v) is 19.5. The molecular weight excluding hydrogens is 388 g/mol. The molecule has 0 radical (unpaired) electrons. The van der Waals surface area contributed by atoms with Gasteiger partial charge in [-0.25, -0.2) is 13.1 Å². The number of benzene rings is 1. The van der Waals surface area contributed by atoms with Crippen LogP contribution in [0.1, 0.15) is 52.2 Å². The number of ether oxygens (including phenoxy) is 1. The van der Waals surface area contributed by atoms with Crippen LogP contribution >= 0.6 is 0 Å². The Balaban J connectivity index is 2.65. The van der Waals surface area contributed by atoms with Gasteiger partial charge < -0.3 is 15.4 Å². The smallest absolute Gasteiger partial charge is 0.216 e. The molecule has 0 aliphatic heterocycles. The molecule has 0 fully saturated rings. The Labute approximate surface area is 176 Å². The number of nitrogens with zero attached hydrogens (tertiary/aromatic N) is 1. The second-order valence-corrected chi connectivity index (χ2v) is 9.43. The van der Waals surface area contributed by atoms with E-state index in [1.165, 1.54) is 0 Å². The van der Waals surface area contributed by atoms with Crippen molar-refractivity contribution in [3.8, 4) is 0 Å². The minimum Gasteiger partial charge on any atom is -0.378 e.